The van der Waals surface area contributed by atoms with Crippen molar-refractivity contribution in [3.05, 3.63) is 35.9 Å². The highest BCUT2D eigenvalue weighted by atomic mass is 16.5. The minimum absolute atomic E-state index is 0.272. The first-order valence-corrected chi connectivity index (χ1v) is 6.90. The summed E-state index contributed by atoms with van der Waals surface area (Å²) in [5.74, 6) is -0.346. The van der Waals surface area contributed by atoms with Crippen LogP contribution in [0, 0.1) is 5.41 Å². The molecular formula is C15H23N3O2. The van der Waals surface area contributed by atoms with Gasteiger partial charge in [-0.15, -0.1) is 0 Å². The first-order chi connectivity index (χ1) is 9.74. The lowest BCUT2D eigenvalue weighted by Gasteiger charge is -2.11. The number of carbonyl (C=O) groups is 1. The van der Waals surface area contributed by atoms with Crippen LogP contribution in [0.1, 0.15) is 24.8 Å². The number of nitrogens with two attached hydrogens (primary N) is 1. The zero-order valence-corrected chi connectivity index (χ0v) is 11.7. The van der Waals surface area contributed by atoms with E-state index in [1.807, 2.05) is 30.3 Å². The zero-order chi connectivity index (χ0) is 14.6. The molecule has 0 saturated heterocycles. The van der Waals surface area contributed by atoms with Crippen LogP contribution in [0.4, 0.5) is 0 Å². The molecule has 1 atom stereocenters. The van der Waals surface area contributed by atoms with Crippen molar-refractivity contribution >= 4 is 12.2 Å². The molecule has 0 spiro atoms. The van der Waals surface area contributed by atoms with E-state index in [-0.39, 0.29) is 12.6 Å². The van der Waals surface area contributed by atoms with E-state index >= 15 is 0 Å². The van der Waals surface area contributed by atoms with E-state index in [0.717, 1.165) is 24.9 Å². The highest BCUT2D eigenvalue weighted by Gasteiger charge is 2.14. The highest BCUT2D eigenvalue weighted by Crippen LogP contribution is 2.04. The van der Waals surface area contributed by atoms with Crippen LogP contribution in [0.5, 0.6) is 0 Å². The molecule has 5 heteroatoms. The third kappa shape index (κ3) is 7.01. The second-order valence-electron chi connectivity index (χ2n) is 4.60. The molecule has 0 radical (unpaired) electrons. The molecule has 0 amide bonds. The Morgan fingerprint density at radius 1 is 1.35 bits per heavy atom. The van der Waals surface area contributed by atoms with Crippen LogP contribution < -0.4 is 11.1 Å². The van der Waals surface area contributed by atoms with Gasteiger partial charge in [-0.05, 0) is 24.9 Å². The molecule has 1 unspecified atom stereocenters. The van der Waals surface area contributed by atoms with Crippen LogP contribution >= 0.6 is 0 Å². The quantitative estimate of drug-likeness (QED) is 0.343. The summed E-state index contributed by atoms with van der Waals surface area (Å²) in [5.41, 5.74) is 6.75. The van der Waals surface area contributed by atoms with Gasteiger partial charge in [0.05, 0.1) is 0 Å². The number of unbranched alkanes of at least 4 members (excludes halogenated alkanes) is 1. The van der Waals surface area contributed by atoms with Crippen LogP contribution in [0.2, 0.25) is 0 Å². The van der Waals surface area contributed by atoms with Crippen molar-refractivity contribution in [2.24, 2.45) is 5.73 Å². The third-order valence-corrected chi connectivity index (χ3v) is 2.89. The summed E-state index contributed by atoms with van der Waals surface area (Å²) in [7, 11) is 0. The smallest absolute Gasteiger partial charge is 0.323 e. The predicted octanol–water partition coefficient (Wildman–Crippen LogP) is 1.47. The van der Waals surface area contributed by atoms with Gasteiger partial charge in [0, 0.05) is 12.8 Å². The molecule has 0 aliphatic heterocycles. The van der Waals surface area contributed by atoms with Crippen LogP contribution in [0.3, 0.4) is 0 Å². The molecule has 0 aromatic heterocycles. The van der Waals surface area contributed by atoms with E-state index < -0.39 is 6.04 Å². The molecule has 1 rings (SSSR count). The van der Waals surface area contributed by atoms with Gasteiger partial charge < -0.3 is 21.2 Å². The Morgan fingerprint density at radius 2 is 2.10 bits per heavy atom. The molecule has 0 fully saturated rings. The fraction of sp³-hybridized carbons (Fsp3) is 0.467. The summed E-state index contributed by atoms with van der Waals surface area (Å²) < 4.78 is 5.18. The van der Waals surface area contributed by atoms with E-state index in [4.69, 9.17) is 15.9 Å². The van der Waals surface area contributed by atoms with Crippen LogP contribution in [-0.4, -0.2) is 31.3 Å². The van der Waals surface area contributed by atoms with Crippen molar-refractivity contribution in [1.82, 2.24) is 5.32 Å². The molecule has 110 valence electrons. The Bertz CT molecular complexity index is 395. The Morgan fingerprint density at radius 3 is 2.80 bits per heavy atom. The molecule has 20 heavy (non-hydrogen) atoms. The number of benzene rings is 1. The van der Waals surface area contributed by atoms with E-state index in [9.17, 15) is 4.79 Å². The predicted molar refractivity (Wildman–Crippen MR) is 79.7 cm³/mol. The summed E-state index contributed by atoms with van der Waals surface area (Å²) in [4.78, 5) is 11.7. The zero-order valence-electron chi connectivity index (χ0n) is 11.7. The molecular weight excluding hydrogens is 254 g/mol. The summed E-state index contributed by atoms with van der Waals surface area (Å²) in [5, 5.41) is 9.94. The van der Waals surface area contributed by atoms with Gasteiger partial charge >= 0.3 is 5.97 Å². The van der Waals surface area contributed by atoms with E-state index in [1.54, 1.807) is 0 Å². The maximum absolute atomic E-state index is 11.7. The largest absolute Gasteiger partial charge is 0.460 e. The van der Waals surface area contributed by atoms with Crippen molar-refractivity contribution in [2.75, 3.05) is 13.1 Å². The van der Waals surface area contributed by atoms with E-state index in [0.29, 0.717) is 13.0 Å². The molecule has 0 heterocycles. The number of hydrogen-bond donors (Lipinski definition) is 3. The lowest BCUT2D eigenvalue weighted by molar-refractivity contribution is -0.146. The van der Waals surface area contributed by atoms with Crippen molar-refractivity contribution in [2.45, 2.75) is 31.9 Å². The molecule has 5 nitrogen and oxygen atoms in total. The molecule has 1 aromatic carbocycles. The summed E-state index contributed by atoms with van der Waals surface area (Å²) in [6, 6.07) is 9.00. The number of carbonyl (C=O) groups excluding carboxylic acids is 1. The monoisotopic (exact) mass is 277 g/mol. The van der Waals surface area contributed by atoms with Gasteiger partial charge in [-0.25, -0.2) is 0 Å². The highest BCUT2D eigenvalue weighted by molar-refractivity contribution is 5.75. The Hall–Kier alpha value is -1.72. The Kier molecular flexibility index (Phi) is 8.26. The average molecular weight is 277 g/mol. The fourth-order valence-corrected chi connectivity index (χ4v) is 1.74. The maximum Gasteiger partial charge on any atom is 0.323 e. The summed E-state index contributed by atoms with van der Waals surface area (Å²) in [6.07, 6.45) is 3.76. The molecule has 1 aromatic rings. The molecule has 0 aliphatic rings. The van der Waals surface area contributed by atoms with Gasteiger partial charge in [0.25, 0.3) is 0 Å². The minimum Gasteiger partial charge on any atom is -0.460 e. The number of hydrogen-bond acceptors (Lipinski definition) is 5. The van der Waals surface area contributed by atoms with Crippen LogP contribution in [-0.2, 0) is 16.1 Å². The molecule has 4 N–H and O–H groups in total. The van der Waals surface area contributed by atoms with Gasteiger partial charge in [-0.3, -0.25) is 4.79 Å². The van der Waals surface area contributed by atoms with Gasteiger partial charge in [0.15, 0.2) is 0 Å². The van der Waals surface area contributed by atoms with Gasteiger partial charge in [0.1, 0.15) is 12.6 Å². The Labute approximate surface area is 120 Å². The topological polar surface area (TPSA) is 88.2 Å². The number of ether oxygens (including phenoxy) is 1. The van der Waals surface area contributed by atoms with Crippen LogP contribution in [0.15, 0.2) is 30.3 Å². The van der Waals surface area contributed by atoms with Crippen molar-refractivity contribution in [1.29, 1.82) is 5.41 Å². The summed E-state index contributed by atoms with van der Waals surface area (Å²) >= 11 is 0. The first kappa shape index (κ1) is 16.3. The number of rotatable bonds is 10. The number of nitrogens with one attached hydrogen (secondary N) is 2. The van der Waals surface area contributed by atoms with Crippen molar-refractivity contribution < 1.29 is 9.53 Å². The van der Waals surface area contributed by atoms with E-state index in [2.05, 4.69) is 5.32 Å². The maximum atomic E-state index is 11.7. The van der Waals surface area contributed by atoms with Gasteiger partial charge in [0.2, 0.25) is 0 Å². The van der Waals surface area contributed by atoms with Crippen molar-refractivity contribution in [3.63, 3.8) is 0 Å². The van der Waals surface area contributed by atoms with Crippen LogP contribution in [0.25, 0.3) is 0 Å². The molecule has 0 aliphatic carbocycles. The molecule has 0 bridgehead atoms. The fourth-order valence-electron chi connectivity index (χ4n) is 1.74. The summed E-state index contributed by atoms with van der Waals surface area (Å²) in [6.45, 7) is 1.70. The standard InChI is InChI=1S/C15H23N3O2/c16-9-11-18-10-5-4-8-14(17)15(19)20-12-13-6-2-1-3-7-13/h1-3,6-7,9,14,16,18H,4-5,8,10-12,17H2. The normalized spacial score (nSPS) is 11.8. The SMILES string of the molecule is N=CCNCCCCC(N)C(=O)OCc1ccccc1. The third-order valence-electron chi connectivity index (χ3n) is 2.89. The van der Waals surface area contributed by atoms with E-state index in [1.165, 1.54) is 6.21 Å². The Balaban J connectivity index is 2.11. The first-order valence-electron chi connectivity index (χ1n) is 6.90. The lowest BCUT2D eigenvalue weighted by atomic mass is 10.1. The van der Waals surface area contributed by atoms with Crippen molar-refractivity contribution in [3.8, 4) is 0 Å². The van der Waals surface area contributed by atoms with Gasteiger partial charge in [-0.2, -0.15) is 0 Å². The van der Waals surface area contributed by atoms with Gasteiger partial charge in [-0.1, -0.05) is 36.8 Å². The number of esters is 1. The molecule has 0 saturated carbocycles. The second kappa shape index (κ2) is 10.1. The second-order valence-corrected chi connectivity index (χ2v) is 4.60. The minimum atomic E-state index is -0.554. The lowest BCUT2D eigenvalue weighted by Crippen LogP contribution is -2.32. The average Bonchev–Trinajstić information content (AvgIpc) is 2.49.